The van der Waals surface area contributed by atoms with Crippen molar-refractivity contribution in [1.82, 2.24) is 19.1 Å². The van der Waals surface area contributed by atoms with Crippen LogP contribution in [-0.2, 0) is 19.5 Å². The number of imidazole rings is 2. The Morgan fingerprint density at radius 1 is 0.821 bits per heavy atom. The van der Waals surface area contributed by atoms with E-state index in [1.165, 1.54) is 0 Å². The van der Waals surface area contributed by atoms with Gasteiger partial charge in [0.25, 0.3) is 0 Å². The van der Waals surface area contributed by atoms with Gasteiger partial charge in [0, 0.05) is 26.2 Å². The third-order valence-corrected chi connectivity index (χ3v) is 5.60. The fourth-order valence-electron chi connectivity index (χ4n) is 4.06. The van der Waals surface area contributed by atoms with Crippen LogP contribution in [0, 0.1) is 6.92 Å². The van der Waals surface area contributed by atoms with Crippen LogP contribution in [0.2, 0.25) is 0 Å². The van der Waals surface area contributed by atoms with Gasteiger partial charge in [-0.15, -0.1) is 0 Å². The molecule has 6 nitrogen and oxygen atoms in total. The number of rotatable bonds is 4. The van der Waals surface area contributed by atoms with Crippen LogP contribution in [0.15, 0.2) is 30.3 Å². The molecule has 0 aliphatic heterocycles. The van der Waals surface area contributed by atoms with E-state index in [9.17, 15) is 0 Å². The predicted octanol–water partition coefficient (Wildman–Crippen LogP) is 4.11. The minimum absolute atomic E-state index is 0.393. The van der Waals surface area contributed by atoms with Crippen LogP contribution < -0.4 is 9.47 Å². The van der Waals surface area contributed by atoms with E-state index in [0.717, 1.165) is 50.8 Å². The zero-order valence-electron chi connectivity index (χ0n) is 17.5. The molecule has 0 fully saturated rings. The van der Waals surface area contributed by atoms with Crippen molar-refractivity contribution in [3.63, 3.8) is 0 Å². The van der Waals surface area contributed by atoms with Crippen molar-refractivity contribution in [2.75, 3.05) is 14.2 Å². The summed E-state index contributed by atoms with van der Waals surface area (Å²) in [6, 6.07) is 10.1. The van der Waals surface area contributed by atoms with E-state index < -0.39 is 5.41 Å². The third-order valence-electron chi connectivity index (χ3n) is 5.60. The Labute approximate surface area is 164 Å². The molecule has 0 amide bonds. The Hall–Kier alpha value is -3.02. The summed E-state index contributed by atoms with van der Waals surface area (Å²) in [5.41, 5.74) is 4.68. The molecule has 2 aromatic carbocycles. The van der Waals surface area contributed by atoms with Gasteiger partial charge in [0.1, 0.15) is 23.1 Å². The molecule has 2 aromatic heterocycles. The Balaban J connectivity index is 1.92. The third kappa shape index (κ3) is 2.55. The highest BCUT2D eigenvalue weighted by atomic mass is 16.5. The maximum Gasteiger partial charge on any atom is 0.124 e. The molecule has 0 radical (unpaired) electrons. The quantitative estimate of drug-likeness (QED) is 0.536. The van der Waals surface area contributed by atoms with Crippen LogP contribution >= 0.6 is 0 Å². The van der Waals surface area contributed by atoms with Gasteiger partial charge in [0.2, 0.25) is 0 Å². The molecule has 0 atom stereocenters. The summed E-state index contributed by atoms with van der Waals surface area (Å²) in [5, 5.41) is 0. The van der Waals surface area contributed by atoms with E-state index in [-0.39, 0.29) is 0 Å². The molecule has 0 unspecified atom stereocenters. The Morgan fingerprint density at radius 3 is 2.04 bits per heavy atom. The first kappa shape index (κ1) is 18.3. The lowest BCUT2D eigenvalue weighted by molar-refractivity contribution is 0.412. The summed E-state index contributed by atoms with van der Waals surface area (Å²) in [4.78, 5) is 9.90. The van der Waals surface area contributed by atoms with Crippen molar-refractivity contribution < 1.29 is 9.47 Å². The van der Waals surface area contributed by atoms with Gasteiger partial charge in [0.05, 0.1) is 41.7 Å². The molecule has 2 heterocycles. The van der Waals surface area contributed by atoms with Crippen molar-refractivity contribution in [3.05, 3.63) is 47.5 Å². The summed E-state index contributed by atoms with van der Waals surface area (Å²) < 4.78 is 15.1. The van der Waals surface area contributed by atoms with Crippen molar-refractivity contribution >= 4 is 22.1 Å². The van der Waals surface area contributed by atoms with Crippen LogP contribution in [0.3, 0.4) is 0 Å². The van der Waals surface area contributed by atoms with Crippen molar-refractivity contribution in [2.45, 2.75) is 26.2 Å². The number of hydrogen-bond donors (Lipinski definition) is 0. The van der Waals surface area contributed by atoms with Crippen LogP contribution in [0.5, 0.6) is 11.5 Å². The van der Waals surface area contributed by atoms with Gasteiger partial charge in [-0.1, -0.05) is 0 Å². The fraction of sp³-hybridized carbons (Fsp3) is 0.364. The van der Waals surface area contributed by atoms with Gasteiger partial charge in [0.15, 0.2) is 0 Å². The topological polar surface area (TPSA) is 54.1 Å². The molecule has 6 heteroatoms. The zero-order chi connectivity index (χ0) is 20.2. The summed E-state index contributed by atoms with van der Waals surface area (Å²) in [6.45, 7) is 6.37. The number of hydrogen-bond acceptors (Lipinski definition) is 4. The van der Waals surface area contributed by atoms with Crippen LogP contribution in [0.25, 0.3) is 22.1 Å². The number of aryl methyl sites for hydroxylation is 3. The molecule has 0 spiro atoms. The molecule has 0 saturated heterocycles. The van der Waals surface area contributed by atoms with Gasteiger partial charge in [-0.25, -0.2) is 9.97 Å². The predicted molar refractivity (Wildman–Crippen MR) is 111 cm³/mol. The lowest BCUT2D eigenvalue weighted by Gasteiger charge is -2.24. The van der Waals surface area contributed by atoms with Crippen molar-refractivity contribution in [1.29, 1.82) is 0 Å². The van der Waals surface area contributed by atoms with E-state index in [1.54, 1.807) is 14.2 Å². The highest BCUT2D eigenvalue weighted by molar-refractivity contribution is 5.80. The average Bonchev–Trinajstić information content (AvgIpc) is 3.18. The van der Waals surface area contributed by atoms with Crippen LogP contribution in [0.1, 0.15) is 31.1 Å². The van der Waals surface area contributed by atoms with Crippen molar-refractivity contribution in [3.8, 4) is 11.5 Å². The molecule has 0 N–H and O–H groups in total. The first-order chi connectivity index (χ1) is 13.3. The molecule has 0 saturated carbocycles. The molecular formula is C22H26N4O2. The maximum absolute atomic E-state index is 5.50. The van der Waals surface area contributed by atoms with Gasteiger partial charge >= 0.3 is 0 Å². The van der Waals surface area contributed by atoms with E-state index in [2.05, 4.69) is 35.1 Å². The first-order valence-electron chi connectivity index (χ1n) is 9.30. The fourth-order valence-corrected chi connectivity index (χ4v) is 4.06. The summed E-state index contributed by atoms with van der Waals surface area (Å²) in [6.07, 6.45) is 0. The van der Waals surface area contributed by atoms with E-state index in [0.29, 0.717) is 0 Å². The van der Waals surface area contributed by atoms with Gasteiger partial charge < -0.3 is 18.6 Å². The van der Waals surface area contributed by atoms with Gasteiger partial charge in [-0.3, -0.25) is 0 Å². The van der Waals surface area contributed by atoms with E-state index in [4.69, 9.17) is 19.4 Å². The van der Waals surface area contributed by atoms with Gasteiger partial charge in [-0.2, -0.15) is 0 Å². The zero-order valence-corrected chi connectivity index (χ0v) is 17.5. The number of benzene rings is 2. The lowest BCUT2D eigenvalue weighted by atomic mass is 9.91. The second kappa shape index (κ2) is 6.26. The first-order valence-corrected chi connectivity index (χ1v) is 9.30. The van der Waals surface area contributed by atoms with E-state index in [1.807, 2.05) is 39.2 Å². The maximum atomic E-state index is 5.50. The largest absolute Gasteiger partial charge is 0.497 e. The summed E-state index contributed by atoms with van der Waals surface area (Å²) in [5.74, 6) is 3.61. The van der Waals surface area contributed by atoms with Crippen molar-refractivity contribution in [2.24, 2.45) is 14.1 Å². The number of fused-ring (bicyclic) bond motifs is 2. The average molecular weight is 378 g/mol. The molecule has 0 bridgehead atoms. The minimum Gasteiger partial charge on any atom is -0.497 e. The molecule has 28 heavy (non-hydrogen) atoms. The molecule has 4 aromatic rings. The normalized spacial score (nSPS) is 12.1. The van der Waals surface area contributed by atoms with E-state index >= 15 is 0 Å². The number of ether oxygens (including phenoxy) is 2. The second-order valence-corrected chi connectivity index (χ2v) is 7.78. The van der Waals surface area contributed by atoms with Crippen LogP contribution in [-0.4, -0.2) is 33.3 Å². The lowest BCUT2D eigenvalue weighted by Crippen LogP contribution is -2.27. The monoisotopic (exact) mass is 378 g/mol. The number of methoxy groups -OCH3 is 2. The SMILES string of the molecule is COc1ccc2nc(C(C)(C)c3nc4cc(C)c(OC)cc4n3C)n(C)c2c1. The number of aromatic nitrogens is 4. The Kier molecular flexibility index (Phi) is 4.10. The molecule has 0 aliphatic carbocycles. The standard InChI is InChI=1S/C22H26N4O2/c1-13-10-16-18(12-19(13)28-7)26(5)21(24-16)22(2,3)20-23-15-9-8-14(27-6)11-17(15)25(20)4/h8-12H,1-7H3. The summed E-state index contributed by atoms with van der Waals surface area (Å²) >= 11 is 0. The number of nitrogens with zero attached hydrogens (tertiary/aromatic N) is 4. The molecular weight excluding hydrogens is 352 g/mol. The second-order valence-electron chi connectivity index (χ2n) is 7.78. The van der Waals surface area contributed by atoms with Crippen LogP contribution in [0.4, 0.5) is 0 Å². The molecule has 146 valence electrons. The minimum atomic E-state index is -0.393. The molecule has 0 aliphatic rings. The summed E-state index contributed by atoms with van der Waals surface area (Å²) in [7, 11) is 7.47. The van der Waals surface area contributed by atoms with Gasteiger partial charge in [-0.05, 0) is 44.5 Å². The highest BCUT2D eigenvalue weighted by Crippen LogP contribution is 2.35. The molecule has 4 rings (SSSR count). The Morgan fingerprint density at radius 2 is 1.43 bits per heavy atom. The smallest absolute Gasteiger partial charge is 0.124 e. The Bertz CT molecular complexity index is 1200. The highest BCUT2D eigenvalue weighted by Gasteiger charge is 2.33.